The molecule has 2 rings (SSSR count). The van der Waals surface area contributed by atoms with Crippen molar-refractivity contribution >= 4 is 11.6 Å². The van der Waals surface area contributed by atoms with E-state index in [1.807, 2.05) is 24.3 Å². The van der Waals surface area contributed by atoms with E-state index < -0.39 is 0 Å². The van der Waals surface area contributed by atoms with Crippen LogP contribution in [0, 0.1) is 11.3 Å². The molecule has 1 amide bonds. The summed E-state index contributed by atoms with van der Waals surface area (Å²) >= 11 is 0. The van der Waals surface area contributed by atoms with Gasteiger partial charge in [-0.1, -0.05) is 18.2 Å². The van der Waals surface area contributed by atoms with Gasteiger partial charge in [-0.3, -0.25) is 4.79 Å². The Morgan fingerprint density at radius 2 is 1.86 bits per heavy atom. The van der Waals surface area contributed by atoms with E-state index in [1.165, 1.54) is 0 Å². The van der Waals surface area contributed by atoms with Crippen molar-refractivity contribution in [3.63, 3.8) is 0 Å². The smallest absolute Gasteiger partial charge is 0.231 e. The van der Waals surface area contributed by atoms with Gasteiger partial charge in [-0.25, -0.2) is 0 Å². The minimum Gasteiger partial charge on any atom is -0.496 e. The molecule has 0 fully saturated rings. The predicted octanol–water partition coefficient (Wildman–Crippen LogP) is 2.77. The topological polar surface area (TPSA) is 53.3 Å². The zero-order chi connectivity index (χ0) is 15.2. The first kappa shape index (κ1) is 14.6. The molecule has 0 N–H and O–H groups in total. The Kier molecular flexibility index (Phi) is 4.57. The second-order valence-corrected chi connectivity index (χ2v) is 4.60. The molecule has 0 saturated carbocycles. The molecule has 0 heterocycles. The molecule has 0 radical (unpaired) electrons. The van der Waals surface area contributed by atoms with Gasteiger partial charge >= 0.3 is 0 Å². The Bertz CT molecular complexity index is 672. The summed E-state index contributed by atoms with van der Waals surface area (Å²) in [4.78, 5) is 13.9. The number of benzene rings is 2. The van der Waals surface area contributed by atoms with E-state index in [-0.39, 0.29) is 12.3 Å². The number of rotatable bonds is 4. The van der Waals surface area contributed by atoms with E-state index in [4.69, 9.17) is 10.00 Å². The fourth-order valence-electron chi connectivity index (χ4n) is 2.03. The van der Waals surface area contributed by atoms with Crippen molar-refractivity contribution in [3.05, 3.63) is 59.7 Å². The summed E-state index contributed by atoms with van der Waals surface area (Å²) in [5.41, 5.74) is 2.18. The van der Waals surface area contributed by atoms with Gasteiger partial charge in [0, 0.05) is 18.3 Å². The van der Waals surface area contributed by atoms with Gasteiger partial charge in [0.15, 0.2) is 0 Å². The Morgan fingerprint density at radius 3 is 2.48 bits per heavy atom. The van der Waals surface area contributed by atoms with Crippen molar-refractivity contribution in [2.75, 3.05) is 19.1 Å². The van der Waals surface area contributed by atoms with Crippen molar-refractivity contribution in [1.29, 1.82) is 5.26 Å². The summed E-state index contributed by atoms with van der Waals surface area (Å²) in [6, 6.07) is 16.4. The molecule has 0 aliphatic carbocycles. The quantitative estimate of drug-likeness (QED) is 0.865. The first-order valence-electron chi connectivity index (χ1n) is 6.54. The molecule has 2 aromatic carbocycles. The third-order valence-corrected chi connectivity index (χ3v) is 3.29. The van der Waals surface area contributed by atoms with Gasteiger partial charge in [0.1, 0.15) is 5.75 Å². The van der Waals surface area contributed by atoms with E-state index in [1.54, 1.807) is 43.3 Å². The molecule has 0 saturated heterocycles. The molecular weight excluding hydrogens is 264 g/mol. The van der Waals surface area contributed by atoms with Crippen LogP contribution in [0.2, 0.25) is 0 Å². The summed E-state index contributed by atoms with van der Waals surface area (Å²) in [6.45, 7) is 0. The summed E-state index contributed by atoms with van der Waals surface area (Å²) < 4.78 is 5.26. The maximum Gasteiger partial charge on any atom is 0.231 e. The number of methoxy groups -OCH3 is 1. The van der Waals surface area contributed by atoms with Crippen LogP contribution in [0.5, 0.6) is 5.75 Å². The number of nitriles is 1. The van der Waals surface area contributed by atoms with Crippen LogP contribution in [-0.2, 0) is 11.2 Å². The molecule has 106 valence electrons. The number of ether oxygens (including phenoxy) is 1. The molecule has 0 spiro atoms. The number of hydrogen-bond acceptors (Lipinski definition) is 3. The first-order chi connectivity index (χ1) is 10.2. The highest BCUT2D eigenvalue weighted by Gasteiger charge is 2.14. The number of amides is 1. The van der Waals surface area contributed by atoms with Gasteiger partial charge in [0.25, 0.3) is 0 Å². The lowest BCUT2D eigenvalue weighted by atomic mass is 10.1. The molecule has 2 aromatic rings. The molecule has 4 nitrogen and oxygen atoms in total. The number of hydrogen-bond donors (Lipinski definition) is 0. The van der Waals surface area contributed by atoms with Crippen molar-refractivity contribution < 1.29 is 9.53 Å². The lowest BCUT2D eigenvalue weighted by molar-refractivity contribution is -0.117. The largest absolute Gasteiger partial charge is 0.496 e. The molecule has 0 bridgehead atoms. The normalized spacial score (nSPS) is 9.76. The van der Waals surface area contributed by atoms with Crippen molar-refractivity contribution in [2.24, 2.45) is 0 Å². The SMILES string of the molecule is COc1ccccc1CC(=O)N(C)c1ccc(C#N)cc1. The van der Waals surface area contributed by atoms with Crippen LogP contribution < -0.4 is 9.64 Å². The molecule has 4 heteroatoms. The van der Waals surface area contributed by atoms with Gasteiger partial charge in [0.2, 0.25) is 5.91 Å². The Labute approximate surface area is 124 Å². The average molecular weight is 280 g/mol. The second-order valence-electron chi connectivity index (χ2n) is 4.60. The molecule has 0 aliphatic heterocycles. The lowest BCUT2D eigenvalue weighted by Crippen LogP contribution is -2.27. The molecule has 21 heavy (non-hydrogen) atoms. The zero-order valence-corrected chi connectivity index (χ0v) is 12.0. The monoisotopic (exact) mass is 280 g/mol. The van der Waals surface area contributed by atoms with E-state index >= 15 is 0 Å². The van der Waals surface area contributed by atoms with E-state index in [9.17, 15) is 4.79 Å². The van der Waals surface area contributed by atoms with Crippen LogP contribution in [0.4, 0.5) is 5.69 Å². The van der Waals surface area contributed by atoms with Crippen LogP contribution in [0.25, 0.3) is 0 Å². The van der Waals surface area contributed by atoms with Crippen LogP contribution >= 0.6 is 0 Å². The minimum atomic E-state index is -0.0378. The summed E-state index contributed by atoms with van der Waals surface area (Å²) in [5.74, 6) is 0.670. The zero-order valence-electron chi connectivity index (χ0n) is 12.0. The standard InChI is InChI=1S/C17H16N2O2/c1-19(15-9-7-13(12-18)8-10-15)17(20)11-14-5-3-4-6-16(14)21-2/h3-10H,11H2,1-2H3. The maximum absolute atomic E-state index is 12.3. The van der Waals surface area contributed by atoms with Gasteiger partial charge < -0.3 is 9.64 Å². The minimum absolute atomic E-state index is 0.0378. The summed E-state index contributed by atoms with van der Waals surface area (Å²) in [7, 11) is 3.31. The lowest BCUT2D eigenvalue weighted by Gasteiger charge is -2.18. The highest BCUT2D eigenvalue weighted by atomic mass is 16.5. The molecular formula is C17H16N2O2. The van der Waals surface area contributed by atoms with Gasteiger partial charge in [-0.15, -0.1) is 0 Å². The first-order valence-corrected chi connectivity index (χ1v) is 6.54. The van der Waals surface area contributed by atoms with Crippen LogP contribution in [0.1, 0.15) is 11.1 Å². The number of likely N-dealkylation sites (N-methyl/N-ethyl adjacent to an activating group) is 1. The fraction of sp³-hybridized carbons (Fsp3) is 0.176. The number of anilines is 1. The summed E-state index contributed by atoms with van der Waals surface area (Å²) in [6.07, 6.45) is 0.264. The third kappa shape index (κ3) is 3.40. The van der Waals surface area contributed by atoms with E-state index in [2.05, 4.69) is 6.07 Å². The van der Waals surface area contributed by atoms with E-state index in [0.717, 1.165) is 11.3 Å². The highest BCUT2D eigenvalue weighted by Crippen LogP contribution is 2.20. The predicted molar refractivity (Wildman–Crippen MR) is 81.3 cm³/mol. The van der Waals surface area contributed by atoms with Crippen LogP contribution in [0.15, 0.2) is 48.5 Å². The van der Waals surface area contributed by atoms with Crippen LogP contribution in [0.3, 0.4) is 0 Å². The average Bonchev–Trinajstić information content (AvgIpc) is 2.54. The molecule has 0 aromatic heterocycles. The van der Waals surface area contributed by atoms with E-state index in [0.29, 0.717) is 11.3 Å². The highest BCUT2D eigenvalue weighted by molar-refractivity contribution is 5.94. The third-order valence-electron chi connectivity index (χ3n) is 3.29. The number of nitrogens with zero attached hydrogens (tertiary/aromatic N) is 2. The molecule has 0 aliphatic rings. The van der Waals surface area contributed by atoms with Gasteiger partial charge in [-0.2, -0.15) is 5.26 Å². The second kappa shape index (κ2) is 6.58. The maximum atomic E-state index is 12.3. The van der Waals surface area contributed by atoms with Gasteiger partial charge in [-0.05, 0) is 30.3 Å². The Morgan fingerprint density at radius 1 is 1.19 bits per heavy atom. The van der Waals surface area contributed by atoms with Gasteiger partial charge in [0.05, 0.1) is 25.2 Å². The molecule has 0 unspecified atom stereocenters. The Balaban J connectivity index is 2.14. The van der Waals surface area contributed by atoms with Crippen molar-refractivity contribution in [2.45, 2.75) is 6.42 Å². The summed E-state index contributed by atoms with van der Waals surface area (Å²) in [5, 5.41) is 8.78. The number of carbonyl (C=O) groups excluding carboxylic acids is 1. The van der Waals surface area contributed by atoms with Crippen molar-refractivity contribution in [1.82, 2.24) is 0 Å². The Hall–Kier alpha value is -2.80. The molecule has 0 atom stereocenters. The fourth-order valence-corrected chi connectivity index (χ4v) is 2.03. The van der Waals surface area contributed by atoms with Crippen molar-refractivity contribution in [3.8, 4) is 11.8 Å². The van der Waals surface area contributed by atoms with Crippen LogP contribution in [-0.4, -0.2) is 20.1 Å². The number of para-hydroxylation sites is 1. The number of carbonyl (C=O) groups is 1.